The Bertz CT molecular complexity index is 736. The van der Waals surface area contributed by atoms with E-state index in [0.29, 0.717) is 21.4 Å². The number of amides is 2. The Labute approximate surface area is 136 Å². The van der Waals surface area contributed by atoms with Crippen LogP contribution in [-0.4, -0.2) is 11.8 Å². The molecule has 0 saturated carbocycles. The van der Waals surface area contributed by atoms with Crippen LogP contribution in [0.25, 0.3) is 0 Å². The maximum absolute atomic E-state index is 12.1. The number of carbonyl (C=O) groups is 2. The number of nitrogens with one attached hydrogen (secondary N) is 2. The van der Waals surface area contributed by atoms with Crippen LogP contribution in [0.3, 0.4) is 0 Å². The average molecular weight is 358 g/mol. The molecule has 5 nitrogen and oxygen atoms in total. The van der Waals surface area contributed by atoms with E-state index in [1.54, 1.807) is 48.5 Å². The van der Waals surface area contributed by atoms with Gasteiger partial charge in [-0.2, -0.15) is 5.26 Å². The molecule has 2 aromatic carbocycles. The number of rotatable bonds is 4. The summed E-state index contributed by atoms with van der Waals surface area (Å²) >= 11 is 3.33. The summed E-state index contributed by atoms with van der Waals surface area (Å²) in [5.74, 6) is -0.596. The summed E-state index contributed by atoms with van der Waals surface area (Å²) in [6.07, 6.45) is -0.194. The molecule has 2 aromatic rings. The van der Waals surface area contributed by atoms with E-state index in [1.165, 1.54) is 0 Å². The predicted molar refractivity (Wildman–Crippen MR) is 87.4 cm³/mol. The minimum atomic E-state index is -0.368. The van der Waals surface area contributed by atoms with Gasteiger partial charge in [-0.1, -0.05) is 12.1 Å². The van der Waals surface area contributed by atoms with Crippen molar-refractivity contribution in [2.75, 3.05) is 10.6 Å². The van der Waals surface area contributed by atoms with Gasteiger partial charge in [0.25, 0.3) is 5.91 Å². The topological polar surface area (TPSA) is 82.0 Å². The van der Waals surface area contributed by atoms with Gasteiger partial charge in [0.15, 0.2) is 0 Å². The number of nitrogens with zero attached hydrogens (tertiary/aromatic N) is 1. The highest BCUT2D eigenvalue weighted by Crippen LogP contribution is 2.19. The van der Waals surface area contributed by atoms with E-state index in [1.807, 2.05) is 6.07 Å². The fraction of sp³-hybridized carbons (Fsp3) is 0.0625. The summed E-state index contributed by atoms with van der Waals surface area (Å²) in [5, 5.41) is 13.8. The van der Waals surface area contributed by atoms with Crippen molar-refractivity contribution in [3.05, 3.63) is 58.6 Å². The molecule has 0 spiro atoms. The van der Waals surface area contributed by atoms with Gasteiger partial charge < -0.3 is 10.6 Å². The van der Waals surface area contributed by atoms with E-state index in [2.05, 4.69) is 26.6 Å². The van der Waals surface area contributed by atoms with Crippen molar-refractivity contribution in [3.63, 3.8) is 0 Å². The molecule has 0 aliphatic rings. The standard InChI is InChI=1S/C16H12BrN3O2/c17-14-4-2-1-3-13(14)16(22)20-12-7-5-11(6-8-12)19-15(21)9-10-18/h1-8H,9H2,(H,19,21)(H,20,22). The van der Waals surface area contributed by atoms with Crippen LogP contribution in [0.2, 0.25) is 0 Å². The Balaban J connectivity index is 2.03. The third kappa shape index (κ3) is 4.17. The zero-order valence-corrected chi connectivity index (χ0v) is 13.1. The van der Waals surface area contributed by atoms with E-state index in [4.69, 9.17) is 5.26 Å². The van der Waals surface area contributed by atoms with Gasteiger partial charge in [0.2, 0.25) is 5.91 Å². The summed E-state index contributed by atoms with van der Waals surface area (Å²) < 4.78 is 0.716. The third-order valence-corrected chi connectivity index (χ3v) is 3.48. The number of hydrogen-bond acceptors (Lipinski definition) is 3. The summed E-state index contributed by atoms with van der Waals surface area (Å²) in [6, 6.07) is 15.6. The molecule has 0 unspecified atom stereocenters. The number of benzene rings is 2. The van der Waals surface area contributed by atoms with Crippen LogP contribution in [0.1, 0.15) is 16.8 Å². The molecule has 110 valence electrons. The second-order valence-corrected chi connectivity index (χ2v) is 5.25. The van der Waals surface area contributed by atoms with Crippen molar-refractivity contribution in [1.82, 2.24) is 0 Å². The van der Waals surface area contributed by atoms with E-state index in [0.717, 1.165) is 0 Å². The summed E-state index contributed by atoms with van der Waals surface area (Å²) in [5.41, 5.74) is 1.71. The smallest absolute Gasteiger partial charge is 0.256 e. The summed E-state index contributed by atoms with van der Waals surface area (Å²) in [7, 11) is 0. The van der Waals surface area contributed by atoms with Gasteiger partial charge in [-0.05, 0) is 52.3 Å². The lowest BCUT2D eigenvalue weighted by Gasteiger charge is -2.08. The number of nitriles is 1. The van der Waals surface area contributed by atoms with Crippen molar-refractivity contribution in [2.45, 2.75) is 6.42 Å². The molecular weight excluding hydrogens is 346 g/mol. The fourth-order valence-electron chi connectivity index (χ4n) is 1.76. The highest BCUT2D eigenvalue weighted by atomic mass is 79.9. The van der Waals surface area contributed by atoms with Crippen LogP contribution < -0.4 is 10.6 Å². The van der Waals surface area contributed by atoms with Crippen LogP contribution in [0.15, 0.2) is 53.0 Å². The van der Waals surface area contributed by atoms with Gasteiger partial charge in [0, 0.05) is 15.8 Å². The Morgan fingerprint density at radius 3 is 2.18 bits per heavy atom. The van der Waals surface area contributed by atoms with Gasteiger partial charge >= 0.3 is 0 Å². The molecule has 0 aliphatic carbocycles. The van der Waals surface area contributed by atoms with Gasteiger partial charge in [-0.25, -0.2) is 0 Å². The molecule has 0 fully saturated rings. The van der Waals surface area contributed by atoms with Gasteiger partial charge in [0.1, 0.15) is 6.42 Å². The van der Waals surface area contributed by atoms with Gasteiger partial charge in [-0.15, -0.1) is 0 Å². The first kappa shape index (κ1) is 15.7. The van der Waals surface area contributed by atoms with Crippen LogP contribution in [0, 0.1) is 11.3 Å². The number of halogens is 1. The van der Waals surface area contributed by atoms with E-state index < -0.39 is 0 Å². The molecule has 0 atom stereocenters. The summed E-state index contributed by atoms with van der Waals surface area (Å²) in [6.45, 7) is 0. The second kappa shape index (κ2) is 7.38. The lowest BCUT2D eigenvalue weighted by Crippen LogP contribution is -2.13. The SMILES string of the molecule is N#CCC(=O)Nc1ccc(NC(=O)c2ccccc2Br)cc1. The lowest BCUT2D eigenvalue weighted by atomic mass is 10.2. The molecule has 0 heterocycles. The van der Waals surface area contributed by atoms with Crippen molar-refractivity contribution in [3.8, 4) is 6.07 Å². The van der Waals surface area contributed by atoms with Crippen molar-refractivity contribution in [2.24, 2.45) is 0 Å². The Morgan fingerprint density at radius 2 is 1.59 bits per heavy atom. The first-order valence-corrected chi connectivity index (χ1v) is 7.22. The highest BCUT2D eigenvalue weighted by molar-refractivity contribution is 9.10. The van der Waals surface area contributed by atoms with Crippen LogP contribution in [0.5, 0.6) is 0 Å². The summed E-state index contributed by atoms with van der Waals surface area (Å²) in [4.78, 5) is 23.4. The lowest BCUT2D eigenvalue weighted by molar-refractivity contribution is -0.115. The normalized spacial score (nSPS) is 9.64. The minimum absolute atomic E-state index is 0.194. The molecule has 0 aromatic heterocycles. The van der Waals surface area contributed by atoms with Crippen molar-refractivity contribution in [1.29, 1.82) is 5.26 Å². The molecule has 6 heteroatoms. The first-order valence-electron chi connectivity index (χ1n) is 6.43. The monoisotopic (exact) mass is 357 g/mol. The van der Waals surface area contributed by atoms with Gasteiger partial charge in [-0.3, -0.25) is 9.59 Å². The molecular formula is C16H12BrN3O2. The number of carbonyl (C=O) groups excluding carboxylic acids is 2. The molecule has 2 amide bonds. The van der Waals surface area contributed by atoms with Crippen LogP contribution >= 0.6 is 15.9 Å². The van der Waals surface area contributed by atoms with E-state index in [-0.39, 0.29) is 18.2 Å². The molecule has 22 heavy (non-hydrogen) atoms. The largest absolute Gasteiger partial charge is 0.325 e. The Hall–Kier alpha value is -2.65. The van der Waals surface area contributed by atoms with E-state index in [9.17, 15) is 9.59 Å². The van der Waals surface area contributed by atoms with E-state index >= 15 is 0 Å². The predicted octanol–water partition coefficient (Wildman–Crippen LogP) is 3.55. The molecule has 0 saturated heterocycles. The molecule has 0 radical (unpaired) electrons. The van der Waals surface area contributed by atoms with Crippen LogP contribution in [-0.2, 0) is 4.79 Å². The second-order valence-electron chi connectivity index (χ2n) is 4.39. The molecule has 2 N–H and O–H groups in total. The zero-order valence-electron chi connectivity index (χ0n) is 11.5. The zero-order chi connectivity index (χ0) is 15.9. The Kier molecular flexibility index (Phi) is 5.28. The quantitative estimate of drug-likeness (QED) is 0.877. The van der Waals surface area contributed by atoms with Crippen molar-refractivity contribution >= 4 is 39.1 Å². The maximum atomic E-state index is 12.1. The number of hydrogen-bond donors (Lipinski definition) is 2. The van der Waals surface area contributed by atoms with Gasteiger partial charge in [0.05, 0.1) is 11.6 Å². The molecule has 2 rings (SSSR count). The minimum Gasteiger partial charge on any atom is -0.325 e. The molecule has 0 aliphatic heterocycles. The maximum Gasteiger partial charge on any atom is 0.256 e. The van der Waals surface area contributed by atoms with Crippen LogP contribution in [0.4, 0.5) is 11.4 Å². The number of anilines is 2. The van der Waals surface area contributed by atoms with Crippen molar-refractivity contribution < 1.29 is 9.59 Å². The first-order chi connectivity index (χ1) is 10.6. The fourth-order valence-corrected chi connectivity index (χ4v) is 2.22. The average Bonchev–Trinajstić information content (AvgIpc) is 2.50. The molecule has 0 bridgehead atoms. The third-order valence-electron chi connectivity index (χ3n) is 2.78. The highest BCUT2D eigenvalue weighted by Gasteiger charge is 2.09. The Morgan fingerprint density at radius 1 is 1.00 bits per heavy atom.